The van der Waals surface area contributed by atoms with Gasteiger partial charge in [-0.3, -0.25) is 9.71 Å². The van der Waals surface area contributed by atoms with E-state index in [0.717, 1.165) is 4.31 Å². The Morgan fingerprint density at radius 1 is 1.23 bits per heavy atom. The molecule has 0 unspecified atom stereocenters. The third-order valence-electron chi connectivity index (χ3n) is 5.56. The molecule has 1 atom stereocenters. The number of carbonyl (C=O) groups excluding carboxylic acids is 1. The minimum Gasteiger partial charge on any atom is -0.456 e. The third kappa shape index (κ3) is 4.54. The summed E-state index contributed by atoms with van der Waals surface area (Å²) < 4.78 is 60.1. The molecule has 2 aromatic carbocycles. The molecule has 11 nitrogen and oxygen atoms in total. The van der Waals surface area contributed by atoms with Crippen molar-refractivity contribution in [1.29, 1.82) is 0 Å². The predicted molar refractivity (Wildman–Crippen MR) is 129 cm³/mol. The van der Waals surface area contributed by atoms with Crippen LogP contribution >= 0.6 is 0 Å². The third-order valence-corrected chi connectivity index (χ3v) is 8.77. The normalized spacial score (nSPS) is 16.9. The molecular formula is C22H25N5O6S2. The van der Waals surface area contributed by atoms with Gasteiger partial charge in [-0.2, -0.15) is 0 Å². The number of imidazole rings is 1. The molecule has 13 heteroatoms. The van der Waals surface area contributed by atoms with Crippen LogP contribution in [0.1, 0.15) is 25.2 Å². The molecule has 186 valence electrons. The summed E-state index contributed by atoms with van der Waals surface area (Å²) in [6, 6.07) is 10.1. The van der Waals surface area contributed by atoms with E-state index in [4.69, 9.17) is 4.74 Å². The van der Waals surface area contributed by atoms with Gasteiger partial charge in [0.2, 0.25) is 10.0 Å². The topological polar surface area (TPSA) is 140 Å². The molecule has 0 radical (unpaired) electrons. The van der Waals surface area contributed by atoms with Crippen LogP contribution in [0, 0.1) is 0 Å². The number of nitrogens with one attached hydrogen (secondary N) is 1. The van der Waals surface area contributed by atoms with Gasteiger partial charge in [-0.1, -0.05) is 12.1 Å². The van der Waals surface area contributed by atoms with E-state index >= 15 is 0 Å². The Kier molecular flexibility index (Phi) is 6.42. The van der Waals surface area contributed by atoms with Crippen molar-refractivity contribution in [2.45, 2.75) is 42.8 Å². The average Bonchev–Trinajstić information content (AvgIpc) is 3.30. The minimum atomic E-state index is -3.72. The second kappa shape index (κ2) is 9.06. The first-order valence-electron chi connectivity index (χ1n) is 10.7. The summed E-state index contributed by atoms with van der Waals surface area (Å²) in [5.41, 5.74) is 1.57. The van der Waals surface area contributed by atoms with Gasteiger partial charge in [0.1, 0.15) is 24.3 Å². The predicted octanol–water partition coefficient (Wildman–Crippen LogP) is 1.48. The Labute approximate surface area is 203 Å². The molecule has 1 aromatic heterocycles. The molecule has 0 saturated carbocycles. The van der Waals surface area contributed by atoms with Gasteiger partial charge in [0, 0.05) is 26.2 Å². The number of fused-ring (bicyclic) bond motifs is 2. The molecule has 0 saturated heterocycles. The van der Waals surface area contributed by atoms with Crippen LogP contribution in [0.3, 0.4) is 0 Å². The number of rotatable bonds is 7. The Hall–Kier alpha value is -3.29. The van der Waals surface area contributed by atoms with E-state index in [1.807, 2.05) is 11.5 Å². The smallest absolute Gasteiger partial charge is 0.331 e. The van der Waals surface area contributed by atoms with E-state index in [0.29, 0.717) is 29.0 Å². The maximum Gasteiger partial charge on any atom is 0.331 e. The fraction of sp³-hybridized carbons (Fsp3) is 0.318. The first-order chi connectivity index (χ1) is 16.5. The molecule has 1 aliphatic heterocycles. The molecule has 0 fully saturated rings. The van der Waals surface area contributed by atoms with Crippen LogP contribution in [0.5, 0.6) is 0 Å². The number of hydrogen-bond acceptors (Lipinski definition) is 8. The summed E-state index contributed by atoms with van der Waals surface area (Å²) >= 11 is 0. The largest absolute Gasteiger partial charge is 0.456 e. The Morgan fingerprint density at radius 2 is 1.94 bits per heavy atom. The van der Waals surface area contributed by atoms with Crippen LogP contribution < -0.4 is 4.72 Å². The zero-order valence-electron chi connectivity index (χ0n) is 19.6. The van der Waals surface area contributed by atoms with Crippen LogP contribution in [-0.4, -0.2) is 62.6 Å². The molecule has 0 aliphatic carbocycles. The van der Waals surface area contributed by atoms with E-state index in [1.165, 1.54) is 39.2 Å². The van der Waals surface area contributed by atoms with Crippen LogP contribution in [-0.2, 0) is 42.7 Å². The van der Waals surface area contributed by atoms with Crippen molar-refractivity contribution in [3.8, 4) is 0 Å². The lowest BCUT2D eigenvalue weighted by Gasteiger charge is -2.11. The number of sulfonamides is 2. The van der Waals surface area contributed by atoms with Gasteiger partial charge in [-0.05, 0) is 44.2 Å². The summed E-state index contributed by atoms with van der Waals surface area (Å²) in [5.74, 6) is -0.130. The first-order valence-corrected chi connectivity index (χ1v) is 13.7. The Balaban J connectivity index is 1.54. The summed E-state index contributed by atoms with van der Waals surface area (Å²) in [7, 11) is -4.43. The second-order valence-electron chi connectivity index (χ2n) is 8.07. The molecule has 0 bridgehead atoms. The van der Waals surface area contributed by atoms with E-state index < -0.39 is 32.1 Å². The number of ether oxygens (including phenoxy) is 1. The quantitative estimate of drug-likeness (QED) is 0.466. The Bertz CT molecular complexity index is 1560. The number of carbonyl (C=O) groups is 1. The molecule has 2 heterocycles. The van der Waals surface area contributed by atoms with Crippen molar-refractivity contribution in [3.05, 3.63) is 53.9 Å². The number of aryl methyl sites for hydroxylation is 1. The molecule has 35 heavy (non-hydrogen) atoms. The number of aliphatic imine (C=N–C) groups is 1. The second-order valence-corrected chi connectivity index (χ2v) is 11.9. The first kappa shape index (κ1) is 24.8. The number of nitrogens with zero attached hydrogens (tertiary/aromatic N) is 4. The van der Waals surface area contributed by atoms with Crippen LogP contribution in [0.15, 0.2) is 57.2 Å². The van der Waals surface area contributed by atoms with Gasteiger partial charge in [0.05, 0.1) is 20.8 Å². The number of hydrogen-bond donors (Lipinski definition) is 1. The zero-order chi connectivity index (χ0) is 25.5. The van der Waals surface area contributed by atoms with Crippen molar-refractivity contribution in [2.24, 2.45) is 4.99 Å². The van der Waals surface area contributed by atoms with Crippen molar-refractivity contribution >= 4 is 42.9 Å². The lowest BCUT2D eigenvalue weighted by atomic mass is 10.2. The van der Waals surface area contributed by atoms with Crippen molar-refractivity contribution in [2.75, 3.05) is 14.1 Å². The van der Waals surface area contributed by atoms with Crippen molar-refractivity contribution < 1.29 is 26.4 Å². The van der Waals surface area contributed by atoms with Gasteiger partial charge in [0.15, 0.2) is 0 Å². The standard InChI is InChI=1S/C22H25N5O6S2/c1-5-27-18-11-10-15(35(31,32)26(3)4)12-17(18)24-20(27)13-33-22(28)14(2)23-21-16-8-6-7-9-19(16)34(29,30)25-21/h6-12,14H,5,13H2,1-4H3,(H,23,25)/t14-/m1/s1. The number of benzene rings is 2. The number of amidine groups is 1. The fourth-order valence-electron chi connectivity index (χ4n) is 3.73. The molecule has 1 N–H and O–H groups in total. The highest BCUT2D eigenvalue weighted by atomic mass is 32.2. The maximum atomic E-state index is 12.6. The summed E-state index contributed by atoms with van der Waals surface area (Å²) in [5, 5.41) is 0. The van der Waals surface area contributed by atoms with Crippen LogP contribution in [0.25, 0.3) is 11.0 Å². The Morgan fingerprint density at radius 3 is 2.63 bits per heavy atom. The maximum absolute atomic E-state index is 12.6. The molecule has 0 spiro atoms. The van der Waals surface area contributed by atoms with Gasteiger partial charge >= 0.3 is 5.97 Å². The number of esters is 1. The summed E-state index contributed by atoms with van der Waals surface area (Å²) in [6.45, 7) is 3.77. The zero-order valence-corrected chi connectivity index (χ0v) is 21.2. The highest BCUT2D eigenvalue weighted by Crippen LogP contribution is 2.24. The monoisotopic (exact) mass is 519 g/mol. The average molecular weight is 520 g/mol. The van der Waals surface area contributed by atoms with E-state index in [1.54, 1.807) is 24.3 Å². The van der Waals surface area contributed by atoms with Gasteiger partial charge < -0.3 is 9.30 Å². The fourth-order valence-corrected chi connectivity index (χ4v) is 5.89. The number of aromatic nitrogens is 2. The van der Waals surface area contributed by atoms with Crippen LogP contribution in [0.2, 0.25) is 0 Å². The summed E-state index contributed by atoms with van der Waals surface area (Å²) in [4.78, 5) is 21.5. The lowest BCUT2D eigenvalue weighted by molar-refractivity contribution is -0.146. The molecule has 0 amide bonds. The van der Waals surface area contributed by atoms with E-state index in [-0.39, 0.29) is 22.2 Å². The van der Waals surface area contributed by atoms with E-state index in [2.05, 4.69) is 14.7 Å². The molecular weight excluding hydrogens is 494 g/mol. The summed E-state index contributed by atoms with van der Waals surface area (Å²) in [6.07, 6.45) is 0. The van der Waals surface area contributed by atoms with Gasteiger partial charge in [-0.15, -0.1) is 0 Å². The minimum absolute atomic E-state index is 0.0838. The van der Waals surface area contributed by atoms with Gasteiger partial charge in [0.25, 0.3) is 10.0 Å². The SMILES string of the molecule is CCn1c(COC(=O)[C@@H](C)N=C2NS(=O)(=O)c3ccccc32)nc2cc(S(=O)(=O)N(C)C)ccc21. The lowest BCUT2D eigenvalue weighted by Crippen LogP contribution is -2.27. The van der Waals surface area contributed by atoms with Crippen molar-refractivity contribution in [3.63, 3.8) is 0 Å². The van der Waals surface area contributed by atoms with E-state index in [9.17, 15) is 21.6 Å². The highest BCUT2D eigenvalue weighted by molar-refractivity contribution is 7.90. The molecule has 4 rings (SSSR count). The van der Waals surface area contributed by atoms with Crippen LogP contribution in [0.4, 0.5) is 0 Å². The highest BCUT2D eigenvalue weighted by Gasteiger charge is 2.31. The molecule has 1 aliphatic rings. The molecule has 3 aromatic rings. The van der Waals surface area contributed by atoms with Crippen molar-refractivity contribution in [1.82, 2.24) is 18.6 Å². The van der Waals surface area contributed by atoms with Gasteiger partial charge in [-0.25, -0.2) is 30.9 Å².